The second-order valence-corrected chi connectivity index (χ2v) is 5.95. The SMILES string of the molecule is Cn1c(C2Cc3ccccc3CN2)nc2cccc(Cl)c21. The van der Waals surface area contributed by atoms with Gasteiger partial charge in [0.25, 0.3) is 0 Å². The maximum atomic E-state index is 6.31. The molecule has 3 aromatic rings. The molecule has 0 saturated heterocycles. The molecule has 1 N–H and O–H groups in total. The van der Waals surface area contributed by atoms with Crippen LogP contribution in [0.1, 0.15) is 23.0 Å². The van der Waals surface area contributed by atoms with Gasteiger partial charge in [0.05, 0.1) is 22.1 Å². The first kappa shape index (κ1) is 12.9. The molecule has 0 saturated carbocycles. The molecule has 0 radical (unpaired) electrons. The number of hydrogen-bond acceptors (Lipinski definition) is 2. The van der Waals surface area contributed by atoms with E-state index in [-0.39, 0.29) is 6.04 Å². The van der Waals surface area contributed by atoms with Gasteiger partial charge in [-0.05, 0) is 29.7 Å². The Morgan fingerprint density at radius 2 is 1.95 bits per heavy atom. The number of halogens is 1. The Labute approximate surface area is 128 Å². The maximum absolute atomic E-state index is 6.31. The maximum Gasteiger partial charge on any atom is 0.127 e. The molecule has 0 spiro atoms. The van der Waals surface area contributed by atoms with Crippen LogP contribution < -0.4 is 5.32 Å². The van der Waals surface area contributed by atoms with Crippen LogP contribution in [-0.2, 0) is 20.0 Å². The van der Waals surface area contributed by atoms with Crippen molar-refractivity contribution in [1.29, 1.82) is 0 Å². The molecular formula is C17H16ClN3. The summed E-state index contributed by atoms with van der Waals surface area (Å²) < 4.78 is 2.11. The van der Waals surface area contributed by atoms with Crippen molar-refractivity contribution in [1.82, 2.24) is 14.9 Å². The number of benzene rings is 2. The Kier molecular flexibility index (Phi) is 2.98. The molecule has 0 bridgehead atoms. The number of fused-ring (bicyclic) bond motifs is 2. The number of hydrogen-bond donors (Lipinski definition) is 1. The van der Waals surface area contributed by atoms with Crippen molar-refractivity contribution in [3.8, 4) is 0 Å². The number of rotatable bonds is 1. The lowest BCUT2D eigenvalue weighted by Crippen LogP contribution is -2.30. The second-order valence-electron chi connectivity index (χ2n) is 5.54. The third-order valence-corrected chi connectivity index (χ3v) is 4.58. The average Bonchev–Trinajstić information content (AvgIpc) is 2.85. The minimum Gasteiger partial charge on any atom is -0.329 e. The van der Waals surface area contributed by atoms with Crippen LogP contribution in [0.3, 0.4) is 0 Å². The fraction of sp³-hybridized carbons (Fsp3) is 0.235. The van der Waals surface area contributed by atoms with Crippen LogP contribution in [0.4, 0.5) is 0 Å². The van der Waals surface area contributed by atoms with Crippen molar-refractivity contribution in [2.24, 2.45) is 7.05 Å². The van der Waals surface area contributed by atoms with Gasteiger partial charge in [-0.3, -0.25) is 0 Å². The molecule has 2 heterocycles. The van der Waals surface area contributed by atoms with E-state index in [2.05, 4.69) is 34.1 Å². The molecule has 4 rings (SSSR count). The molecule has 1 unspecified atom stereocenters. The second kappa shape index (κ2) is 4.86. The minimum atomic E-state index is 0.230. The summed E-state index contributed by atoms with van der Waals surface area (Å²) in [6.45, 7) is 0.887. The number of imidazole rings is 1. The predicted molar refractivity (Wildman–Crippen MR) is 85.5 cm³/mol. The highest BCUT2D eigenvalue weighted by Gasteiger charge is 2.24. The molecular weight excluding hydrogens is 282 g/mol. The molecule has 1 aliphatic heterocycles. The van der Waals surface area contributed by atoms with Gasteiger partial charge in [0, 0.05) is 13.6 Å². The lowest BCUT2D eigenvalue weighted by atomic mass is 9.95. The van der Waals surface area contributed by atoms with E-state index < -0.39 is 0 Å². The topological polar surface area (TPSA) is 29.9 Å². The van der Waals surface area contributed by atoms with Gasteiger partial charge < -0.3 is 9.88 Å². The first-order valence-corrected chi connectivity index (χ1v) is 7.53. The summed E-state index contributed by atoms with van der Waals surface area (Å²) in [4.78, 5) is 4.79. The lowest BCUT2D eigenvalue weighted by Gasteiger charge is -2.25. The monoisotopic (exact) mass is 297 g/mol. The Hall–Kier alpha value is -1.84. The molecule has 2 aromatic carbocycles. The van der Waals surface area contributed by atoms with Crippen LogP contribution in [0.15, 0.2) is 42.5 Å². The highest BCUT2D eigenvalue weighted by Crippen LogP contribution is 2.30. The van der Waals surface area contributed by atoms with Crippen molar-refractivity contribution in [2.75, 3.05) is 0 Å². The normalized spacial score (nSPS) is 17.9. The van der Waals surface area contributed by atoms with Crippen LogP contribution >= 0.6 is 11.6 Å². The Morgan fingerprint density at radius 3 is 2.76 bits per heavy atom. The summed E-state index contributed by atoms with van der Waals surface area (Å²) >= 11 is 6.31. The summed E-state index contributed by atoms with van der Waals surface area (Å²) in [5.41, 5.74) is 4.75. The average molecular weight is 298 g/mol. The molecule has 1 aliphatic rings. The van der Waals surface area contributed by atoms with Crippen LogP contribution in [0.2, 0.25) is 5.02 Å². The first-order chi connectivity index (χ1) is 10.2. The van der Waals surface area contributed by atoms with E-state index in [1.54, 1.807) is 0 Å². The van der Waals surface area contributed by atoms with Gasteiger partial charge in [0.15, 0.2) is 0 Å². The number of aromatic nitrogens is 2. The Balaban J connectivity index is 1.78. The molecule has 0 amide bonds. The zero-order valence-electron chi connectivity index (χ0n) is 11.8. The summed E-state index contributed by atoms with van der Waals surface area (Å²) in [5, 5.41) is 4.34. The van der Waals surface area contributed by atoms with E-state index in [4.69, 9.17) is 16.6 Å². The van der Waals surface area contributed by atoms with Gasteiger partial charge >= 0.3 is 0 Å². The van der Waals surface area contributed by atoms with Gasteiger partial charge in [-0.15, -0.1) is 0 Å². The van der Waals surface area contributed by atoms with Crippen LogP contribution in [-0.4, -0.2) is 9.55 Å². The van der Waals surface area contributed by atoms with Crippen molar-refractivity contribution >= 4 is 22.6 Å². The number of nitrogens with one attached hydrogen (secondary N) is 1. The highest BCUT2D eigenvalue weighted by molar-refractivity contribution is 6.35. The lowest BCUT2D eigenvalue weighted by molar-refractivity contribution is 0.467. The number of nitrogens with zero attached hydrogens (tertiary/aromatic N) is 2. The van der Waals surface area contributed by atoms with Crippen LogP contribution in [0, 0.1) is 0 Å². The largest absolute Gasteiger partial charge is 0.329 e. The Morgan fingerprint density at radius 1 is 1.14 bits per heavy atom. The van der Waals surface area contributed by atoms with E-state index in [0.717, 1.165) is 34.8 Å². The molecule has 1 aromatic heterocycles. The fourth-order valence-corrected chi connectivity index (χ4v) is 3.48. The van der Waals surface area contributed by atoms with Gasteiger partial charge in [-0.1, -0.05) is 41.9 Å². The highest BCUT2D eigenvalue weighted by atomic mass is 35.5. The van der Waals surface area contributed by atoms with Crippen molar-refractivity contribution in [3.63, 3.8) is 0 Å². The summed E-state index contributed by atoms with van der Waals surface area (Å²) in [6.07, 6.45) is 0.963. The van der Waals surface area contributed by atoms with E-state index in [1.807, 2.05) is 25.2 Å². The van der Waals surface area contributed by atoms with E-state index in [1.165, 1.54) is 11.1 Å². The minimum absolute atomic E-state index is 0.230. The first-order valence-electron chi connectivity index (χ1n) is 7.15. The van der Waals surface area contributed by atoms with Gasteiger partial charge in [-0.25, -0.2) is 4.98 Å². The standard InChI is InChI=1S/C17H16ClN3/c1-21-16-13(18)7-4-8-14(16)20-17(21)15-9-11-5-2-3-6-12(11)10-19-15/h2-8,15,19H,9-10H2,1H3. The summed E-state index contributed by atoms with van der Waals surface area (Å²) in [6, 6.07) is 14.7. The molecule has 106 valence electrons. The molecule has 1 atom stereocenters. The smallest absolute Gasteiger partial charge is 0.127 e. The third-order valence-electron chi connectivity index (χ3n) is 4.27. The van der Waals surface area contributed by atoms with Crippen LogP contribution in [0.5, 0.6) is 0 Å². The number of aryl methyl sites for hydroxylation is 1. The zero-order chi connectivity index (χ0) is 14.4. The van der Waals surface area contributed by atoms with Crippen molar-refractivity contribution in [2.45, 2.75) is 19.0 Å². The predicted octanol–water partition coefficient (Wildman–Crippen LogP) is 3.61. The molecule has 4 heteroatoms. The fourth-order valence-electron chi connectivity index (χ4n) is 3.19. The van der Waals surface area contributed by atoms with E-state index in [9.17, 15) is 0 Å². The number of para-hydroxylation sites is 1. The molecule has 21 heavy (non-hydrogen) atoms. The van der Waals surface area contributed by atoms with Crippen LogP contribution in [0.25, 0.3) is 11.0 Å². The van der Waals surface area contributed by atoms with Crippen molar-refractivity contribution in [3.05, 3.63) is 64.4 Å². The van der Waals surface area contributed by atoms with Gasteiger partial charge in [0.1, 0.15) is 5.82 Å². The summed E-state index contributed by atoms with van der Waals surface area (Å²) in [7, 11) is 2.04. The zero-order valence-corrected chi connectivity index (χ0v) is 12.6. The molecule has 3 nitrogen and oxygen atoms in total. The Bertz CT molecular complexity index is 822. The van der Waals surface area contributed by atoms with E-state index >= 15 is 0 Å². The third kappa shape index (κ3) is 2.04. The van der Waals surface area contributed by atoms with Gasteiger partial charge in [-0.2, -0.15) is 0 Å². The molecule has 0 fully saturated rings. The molecule has 0 aliphatic carbocycles. The van der Waals surface area contributed by atoms with E-state index in [0.29, 0.717) is 0 Å². The van der Waals surface area contributed by atoms with Crippen molar-refractivity contribution < 1.29 is 0 Å². The van der Waals surface area contributed by atoms with Gasteiger partial charge in [0.2, 0.25) is 0 Å². The quantitative estimate of drug-likeness (QED) is 0.743. The summed E-state index contributed by atoms with van der Waals surface area (Å²) in [5.74, 6) is 1.05.